The van der Waals surface area contributed by atoms with Crippen molar-refractivity contribution in [1.29, 1.82) is 0 Å². The number of aromatic nitrogens is 1. The first-order chi connectivity index (χ1) is 16.4. The van der Waals surface area contributed by atoms with Crippen molar-refractivity contribution in [3.05, 3.63) is 76.5 Å². The van der Waals surface area contributed by atoms with Gasteiger partial charge in [-0.15, -0.1) is 0 Å². The zero-order valence-corrected chi connectivity index (χ0v) is 19.1. The van der Waals surface area contributed by atoms with E-state index in [1.165, 1.54) is 12.5 Å². The van der Waals surface area contributed by atoms with Gasteiger partial charge in [-0.3, -0.25) is 9.69 Å². The quantitative estimate of drug-likeness (QED) is 0.598. The Morgan fingerprint density at radius 3 is 2.62 bits per heavy atom. The maximum absolute atomic E-state index is 13.4. The van der Waals surface area contributed by atoms with Gasteiger partial charge in [0, 0.05) is 18.5 Å². The summed E-state index contributed by atoms with van der Waals surface area (Å²) >= 11 is 0. The van der Waals surface area contributed by atoms with Crippen molar-refractivity contribution < 1.29 is 19.1 Å². The van der Waals surface area contributed by atoms with Crippen molar-refractivity contribution in [2.24, 2.45) is 0 Å². The topological polar surface area (TPSA) is 88.6 Å². The number of benzene rings is 2. The first-order valence-electron chi connectivity index (χ1n) is 11.4. The lowest BCUT2D eigenvalue weighted by molar-refractivity contribution is -0.136. The zero-order valence-electron chi connectivity index (χ0n) is 19.1. The SMILES string of the molecule is Cc1ccc(/C=C2\CCc3c2nc2ccccc2c3C(=O)OC(C)C(=O)N2CCNC2=O)cc1. The smallest absolute Gasteiger partial charge is 0.339 e. The molecule has 1 aromatic heterocycles. The van der Waals surface area contributed by atoms with Gasteiger partial charge in [-0.05, 0) is 55.5 Å². The summed E-state index contributed by atoms with van der Waals surface area (Å²) in [5.74, 6) is -1.11. The Morgan fingerprint density at radius 2 is 1.88 bits per heavy atom. The largest absolute Gasteiger partial charge is 0.449 e. The fourth-order valence-electron chi connectivity index (χ4n) is 4.55. The molecule has 0 saturated carbocycles. The number of hydrogen-bond acceptors (Lipinski definition) is 5. The van der Waals surface area contributed by atoms with Crippen molar-refractivity contribution in [3.8, 4) is 0 Å². The predicted octanol–water partition coefficient (Wildman–Crippen LogP) is 4.13. The van der Waals surface area contributed by atoms with E-state index in [0.29, 0.717) is 29.4 Å². The molecule has 34 heavy (non-hydrogen) atoms. The molecule has 1 unspecified atom stereocenters. The van der Waals surface area contributed by atoms with Crippen LogP contribution in [0.4, 0.5) is 4.79 Å². The lowest BCUT2D eigenvalue weighted by Gasteiger charge is -2.19. The van der Waals surface area contributed by atoms with E-state index in [-0.39, 0.29) is 6.54 Å². The monoisotopic (exact) mass is 455 g/mol. The van der Waals surface area contributed by atoms with Gasteiger partial charge in [0.1, 0.15) is 0 Å². The van der Waals surface area contributed by atoms with Gasteiger partial charge < -0.3 is 10.1 Å². The molecule has 3 amide bonds. The number of amides is 3. The summed E-state index contributed by atoms with van der Waals surface area (Å²) < 4.78 is 5.60. The van der Waals surface area contributed by atoms with Crippen LogP contribution >= 0.6 is 0 Å². The summed E-state index contributed by atoms with van der Waals surface area (Å²) in [5.41, 5.74) is 6.11. The molecular weight excluding hydrogens is 430 g/mol. The first kappa shape index (κ1) is 21.8. The van der Waals surface area contributed by atoms with Gasteiger partial charge in [0.15, 0.2) is 6.10 Å². The van der Waals surface area contributed by atoms with Crippen molar-refractivity contribution in [2.75, 3.05) is 13.1 Å². The molecule has 3 aromatic rings. The maximum Gasteiger partial charge on any atom is 0.339 e. The van der Waals surface area contributed by atoms with Crippen molar-refractivity contribution in [2.45, 2.75) is 32.8 Å². The average molecular weight is 456 g/mol. The average Bonchev–Trinajstić information content (AvgIpc) is 3.44. The van der Waals surface area contributed by atoms with Crippen LogP contribution in [0.15, 0.2) is 48.5 Å². The minimum atomic E-state index is -1.08. The third-order valence-corrected chi connectivity index (χ3v) is 6.32. The van der Waals surface area contributed by atoms with E-state index < -0.39 is 24.0 Å². The standard InChI is InChI=1S/C27H25N3O4/c1-16-7-9-18(10-8-16)15-19-11-12-21-23(20-5-3-4-6-22(20)29-24(19)21)26(32)34-17(2)25(31)30-14-13-28-27(30)33/h3-10,15,17H,11-14H2,1-2H3,(H,28,33)/b19-15+. The van der Waals surface area contributed by atoms with Gasteiger partial charge in [-0.1, -0.05) is 48.0 Å². The van der Waals surface area contributed by atoms with Gasteiger partial charge in [-0.2, -0.15) is 0 Å². The molecule has 5 rings (SSSR count). The summed E-state index contributed by atoms with van der Waals surface area (Å²) in [4.78, 5) is 43.9. The van der Waals surface area contributed by atoms with Gasteiger partial charge in [0.05, 0.1) is 16.8 Å². The number of aryl methyl sites for hydroxylation is 1. The third-order valence-electron chi connectivity index (χ3n) is 6.32. The molecule has 0 spiro atoms. The van der Waals surface area contributed by atoms with Crippen LogP contribution in [-0.2, 0) is 16.0 Å². The molecule has 0 bridgehead atoms. The number of nitrogens with zero attached hydrogens (tertiary/aromatic N) is 2. The summed E-state index contributed by atoms with van der Waals surface area (Å²) in [6.45, 7) is 4.21. The zero-order chi connectivity index (χ0) is 23.8. The van der Waals surface area contributed by atoms with E-state index in [4.69, 9.17) is 9.72 Å². The molecule has 1 N–H and O–H groups in total. The molecule has 0 radical (unpaired) electrons. The van der Waals surface area contributed by atoms with Gasteiger partial charge in [-0.25, -0.2) is 14.6 Å². The second-order valence-corrected chi connectivity index (χ2v) is 8.68. The van der Waals surface area contributed by atoms with Crippen molar-refractivity contribution in [3.63, 3.8) is 0 Å². The van der Waals surface area contributed by atoms with Gasteiger partial charge >= 0.3 is 12.0 Å². The number of nitrogens with one attached hydrogen (secondary N) is 1. The molecule has 172 valence electrons. The maximum atomic E-state index is 13.4. The van der Waals surface area contributed by atoms with E-state index in [1.807, 2.05) is 24.3 Å². The van der Waals surface area contributed by atoms with Gasteiger partial charge in [0.25, 0.3) is 5.91 Å². The minimum Gasteiger partial charge on any atom is -0.449 e. The van der Waals surface area contributed by atoms with Crippen LogP contribution in [0.25, 0.3) is 22.6 Å². The molecule has 7 nitrogen and oxygen atoms in total. The highest BCUT2D eigenvalue weighted by Gasteiger charge is 2.33. The number of urea groups is 1. The number of rotatable bonds is 4. The number of para-hydroxylation sites is 1. The Hall–Kier alpha value is -4.00. The number of esters is 1. The molecule has 7 heteroatoms. The number of carbonyl (C=O) groups excluding carboxylic acids is 3. The molecule has 1 aliphatic carbocycles. The van der Waals surface area contributed by atoms with E-state index >= 15 is 0 Å². The Bertz CT molecular complexity index is 1340. The predicted molar refractivity (Wildman–Crippen MR) is 129 cm³/mol. The van der Waals surface area contributed by atoms with E-state index in [1.54, 1.807) is 0 Å². The summed E-state index contributed by atoms with van der Waals surface area (Å²) in [6.07, 6.45) is 2.45. The van der Waals surface area contributed by atoms with Crippen molar-refractivity contribution in [1.82, 2.24) is 15.2 Å². The van der Waals surface area contributed by atoms with Crippen LogP contribution < -0.4 is 5.32 Å². The molecule has 2 aromatic carbocycles. The van der Waals surface area contributed by atoms with Crippen LogP contribution in [0.3, 0.4) is 0 Å². The van der Waals surface area contributed by atoms with Crippen LogP contribution in [-0.4, -0.2) is 47.0 Å². The summed E-state index contributed by atoms with van der Waals surface area (Å²) in [6, 6.07) is 15.3. The van der Waals surface area contributed by atoms with E-state index in [2.05, 4.69) is 42.6 Å². The number of carbonyl (C=O) groups is 3. The molecule has 1 saturated heterocycles. The number of imide groups is 1. The number of ether oxygens (including phenoxy) is 1. The molecule has 2 heterocycles. The minimum absolute atomic E-state index is 0.264. The van der Waals surface area contributed by atoms with Crippen LogP contribution in [0.5, 0.6) is 0 Å². The Balaban J connectivity index is 1.51. The second kappa shape index (κ2) is 8.74. The number of pyridine rings is 1. The lowest BCUT2D eigenvalue weighted by atomic mass is 10.0. The second-order valence-electron chi connectivity index (χ2n) is 8.68. The fourth-order valence-corrected chi connectivity index (χ4v) is 4.55. The number of fused-ring (bicyclic) bond motifs is 2. The molecule has 1 aliphatic heterocycles. The molecule has 2 aliphatic rings. The van der Waals surface area contributed by atoms with Crippen LogP contribution in [0.1, 0.15) is 46.1 Å². The lowest BCUT2D eigenvalue weighted by Crippen LogP contribution is -2.41. The summed E-state index contributed by atoms with van der Waals surface area (Å²) in [7, 11) is 0. The third kappa shape index (κ3) is 3.94. The van der Waals surface area contributed by atoms with Gasteiger partial charge in [0.2, 0.25) is 0 Å². The normalized spacial score (nSPS) is 17.1. The highest BCUT2D eigenvalue weighted by molar-refractivity contribution is 6.08. The Kier molecular flexibility index (Phi) is 5.61. The fraction of sp³-hybridized carbons (Fsp3) is 0.259. The van der Waals surface area contributed by atoms with Crippen LogP contribution in [0.2, 0.25) is 0 Å². The molecular formula is C27H25N3O4. The summed E-state index contributed by atoms with van der Waals surface area (Å²) in [5, 5.41) is 3.28. The highest BCUT2D eigenvalue weighted by Crippen LogP contribution is 2.38. The Morgan fingerprint density at radius 1 is 1.12 bits per heavy atom. The molecule has 1 fully saturated rings. The number of allylic oxidation sites excluding steroid dienone is 1. The first-order valence-corrected chi connectivity index (χ1v) is 11.4. The van der Waals surface area contributed by atoms with Crippen molar-refractivity contribution >= 4 is 40.5 Å². The highest BCUT2D eigenvalue weighted by atomic mass is 16.5. The molecule has 1 atom stereocenters. The van der Waals surface area contributed by atoms with Crippen LogP contribution in [0, 0.1) is 6.92 Å². The van der Waals surface area contributed by atoms with E-state index in [0.717, 1.165) is 33.7 Å². The Labute approximate surface area is 197 Å². The number of hydrogen-bond donors (Lipinski definition) is 1. The van der Waals surface area contributed by atoms with E-state index in [9.17, 15) is 14.4 Å².